The second-order valence-corrected chi connectivity index (χ2v) is 6.22. The van der Waals surface area contributed by atoms with Crippen LogP contribution < -0.4 is 5.32 Å². The van der Waals surface area contributed by atoms with Crippen LogP contribution in [0.5, 0.6) is 0 Å². The van der Waals surface area contributed by atoms with Crippen LogP contribution in [-0.2, 0) is 6.54 Å². The Balaban J connectivity index is 1.64. The van der Waals surface area contributed by atoms with Gasteiger partial charge in [0, 0.05) is 30.8 Å². The number of benzene rings is 1. The first kappa shape index (κ1) is 14.2. The zero-order valence-electron chi connectivity index (χ0n) is 12.7. The lowest BCUT2D eigenvalue weighted by molar-refractivity contribution is 0.279. The van der Waals surface area contributed by atoms with Gasteiger partial charge in [-0.3, -0.25) is 0 Å². The van der Waals surface area contributed by atoms with Gasteiger partial charge in [-0.15, -0.1) is 0 Å². The molecular formula is C18H23N3. The van der Waals surface area contributed by atoms with Gasteiger partial charge in [-0.05, 0) is 42.3 Å². The van der Waals surface area contributed by atoms with Crippen molar-refractivity contribution in [1.29, 1.82) is 5.26 Å². The molecule has 0 saturated heterocycles. The Morgan fingerprint density at radius 1 is 1.29 bits per heavy atom. The zero-order valence-corrected chi connectivity index (χ0v) is 12.7. The van der Waals surface area contributed by atoms with E-state index in [1.54, 1.807) is 0 Å². The highest BCUT2D eigenvalue weighted by Crippen LogP contribution is 2.23. The summed E-state index contributed by atoms with van der Waals surface area (Å²) in [6.07, 6.45) is 7.54. The number of hydrogen-bond donors (Lipinski definition) is 1. The third-order valence-electron chi connectivity index (χ3n) is 4.77. The lowest BCUT2D eigenvalue weighted by Gasteiger charge is -2.29. The summed E-state index contributed by atoms with van der Waals surface area (Å²) < 4.78 is 2.25. The molecule has 2 atom stereocenters. The highest BCUT2D eigenvalue weighted by Gasteiger charge is 2.20. The maximum Gasteiger partial charge on any atom is 0.0992 e. The van der Waals surface area contributed by atoms with Crippen molar-refractivity contribution >= 4 is 10.9 Å². The number of nitrogens with zero attached hydrogens (tertiary/aromatic N) is 2. The molecule has 3 rings (SSSR count). The lowest BCUT2D eigenvalue weighted by Crippen LogP contribution is -2.38. The Morgan fingerprint density at radius 3 is 2.95 bits per heavy atom. The van der Waals surface area contributed by atoms with Crippen LogP contribution in [0.1, 0.15) is 38.2 Å². The van der Waals surface area contributed by atoms with Gasteiger partial charge in [0.2, 0.25) is 0 Å². The number of nitriles is 1. The summed E-state index contributed by atoms with van der Waals surface area (Å²) in [7, 11) is 0. The zero-order chi connectivity index (χ0) is 14.7. The molecule has 3 heteroatoms. The Bertz CT molecular complexity index is 650. The maximum absolute atomic E-state index is 9.03. The second-order valence-electron chi connectivity index (χ2n) is 6.22. The molecule has 0 bridgehead atoms. The average molecular weight is 281 g/mol. The van der Waals surface area contributed by atoms with E-state index in [0.717, 1.165) is 30.1 Å². The van der Waals surface area contributed by atoms with Crippen LogP contribution in [0.15, 0.2) is 30.5 Å². The largest absolute Gasteiger partial charge is 0.346 e. The fraction of sp³-hybridized carbons (Fsp3) is 0.500. The highest BCUT2D eigenvalue weighted by molar-refractivity contribution is 5.81. The molecule has 2 aromatic rings. The van der Waals surface area contributed by atoms with Crippen molar-refractivity contribution in [1.82, 2.24) is 9.88 Å². The molecule has 0 spiro atoms. The Hall–Kier alpha value is -1.79. The predicted molar refractivity (Wildman–Crippen MR) is 86.1 cm³/mol. The highest BCUT2D eigenvalue weighted by atomic mass is 15.0. The van der Waals surface area contributed by atoms with Crippen LogP contribution >= 0.6 is 0 Å². The van der Waals surface area contributed by atoms with Crippen molar-refractivity contribution in [3.8, 4) is 6.07 Å². The maximum atomic E-state index is 9.03. The molecule has 3 nitrogen and oxygen atoms in total. The number of fused-ring (bicyclic) bond motifs is 1. The van der Waals surface area contributed by atoms with Gasteiger partial charge in [-0.2, -0.15) is 5.26 Å². The van der Waals surface area contributed by atoms with Crippen molar-refractivity contribution in [3.05, 3.63) is 36.0 Å². The molecule has 1 aliphatic rings. The van der Waals surface area contributed by atoms with Crippen molar-refractivity contribution in [3.63, 3.8) is 0 Å². The van der Waals surface area contributed by atoms with Gasteiger partial charge >= 0.3 is 0 Å². The average Bonchev–Trinajstić information content (AvgIpc) is 2.91. The van der Waals surface area contributed by atoms with Crippen LogP contribution in [0.4, 0.5) is 0 Å². The number of rotatable bonds is 4. The summed E-state index contributed by atoms with van der Waals surface area (Å²) in [4.78, 5) is 0. The van der Waals surface area contributed by atoms with Crippen molar-refractivity contribution < 1.29 is 0 Å². The first-order chi connectivity index (χ1) is 10.3. The normalized spacial score (nSPS) is 22.3. The summed E-state index contributed by atoms with van der Waals surface area (Å²) in [6, 6.07) is 10.9. The molecule has 1 saturated carbocycles. The monoisotopic (exact) mass is 281 g/mol. The topological polar surface area (TPSA) is 40.8 Å². The van der Waals surface area contributed by atoms with E-state index in [1.807, 2.05) is 18.2 Å². The number of hydrogen-bond acceptors (Lipinski definition) is 2. The van der Waals surface area contributed by atoms with E-state index in [-0.39, 0.29) is 0 Å². The lowest BCUT2D eigenvalue weighted by atomic mass is 9.86. The van der Waals surface area contributed by atoms with E-state index in [0.29, 0.717) is 6.04 Å². The van der Waals surface area contributed by atoms with Crippen molar-refractivity contribution in [2.24, 2.45) is 5.92 Å². The molecule has 2 unspecified atom stereocenters. The fourth-order valence-electron chi connectivity index (χ4n) is 3.44. The van der Waals surface area contributed by atoms with Crippen LogP contribution in [0.25, 0.3) is 10.9 Å². The summed E-state index contributed by atoms with van der Waals surface area (Å²) in [5, 5.41) is 14.0. The van der Waals surface area contributed by atoms with Crippen molar-refractivity contribution in [2.75, 3.05) is 6.54 Å². The standard InChI is InChI=1S/C18H23N3/c1-14-4-2-3-5-17(14)20-9-11-21-10-8-16-7-6-15(13-19)12-18(16)21/h6-8,10,12,14,17,20H,2-5,9,11H2,1H3. The van der Waals surface area contributed by atoms with Crippen LogP contribution in [-0.4, -0.2) is 17.2 Å². The number of nitrogens with one attached hydrogen (secondary N) is 1. The van der Waals surface area contributed by atoms with Crippen LogP contribution in [0.3, 0.4) is 0 Å². The molecule has 1 heterocycles. The van der Waals surface area contributed by atoms with E-state index < -0.39 is 0 Å². The van der Waals surface area contributed by atoms with Gasteiger partial charge in [-0.25, -0.2) is 0 Å². The van der Waals surface area contributed by atoms with E-state index in [9.17, 15) is 0 Å². The van der Waals surface area contributed by atoms with Gasteiger partial charge in [0.1, 0.15) is 0 Å². The minimum absolute atomic E-state index is 0.676. The Morgan fingerprint density at radius 2 is 2.14 bits per heavy atom. The molecule has 1 aromatic carbocycles. The minimum Gasteiger partial charge on any atom is -0.346 e. The van der Waals surface area contributed by atoms with Gasteiger partial charge in [-0.1, -0.05) is 25.8 Å². The molecule has 1 fully saturated rings. The third kappa shape index (κ3) is 3.11. The first-order valence-electron chi connectivity index (χ1n) is 8.00. The molecule has 21 heavy (non-hydrogen) atoms. The second kappa shape index (κ2) is 6.32. The van der Waals surface area contributed by atoms with Crippen molar-refractivity contribution in [2.45, 2.75) is 45.2 Å². The van der Waals surface area contributed by atoms with E-state index >= 15 is 0 Å². The van der Waals surface area contributed by atoms with E-state index in [2.05, 4.69) is 35.1 Å². The summed E-state index contributed by atoms with van der Waals surface area (Å²) in [6.45, 7) is 4.32. The van der Waals surface area contributed by atoms with E-state index in [1.165, 1.54) is 31.1 Å². The molecule has 1 aliphatic carbocycles. The predicted octanol–water partition coefficient (Wildman–Crippen LogP) is 3.68. The van der Waals surface area contributed by atoms with Gasteiger partial charge < -0.3 is 9.88 Å². The smallest absolute Gasteiger partial charge is 0.0992 e. The molecule has 110 valence electrons. The molecular weight excluding hydrogens is 258 g/mol. The molecule has 0 radical (unpaired) electrons. The fourth-order valence-corrected chi connectivity index (χ4v) is 3.44. The molecule has 1 N–H and O–H groups in total. The van der Waals surface area contributed by atoms with Gasteiger partial charge in [0.25, 0.3) is 0 Å². The minimum atomic E-state index is 0.676. The quantitative estimate of drug-likeness (QED) is 0.928. The first-order valence-corrected chi connectivity index (χ1v) is 8.00. The molecule has 1 aromatic heterocycles. The van der Waals surface area contributed by atoms with Crippen LogP contribution in [0.2, 0.25) is 0 Å². The molecule has 0 aliphatic heterocycles. The SMILES string of the molecule is CC1CCCCC1NCCn1ccc2ccc(C#N)cc21. The number of aromatic nitrogens is 1. The Kier molecular flexibility index (Phi) is 4.26. The summed E-state index contributed by atoms with van der Waals surface area (Å²) in [5.41, 5.74) is 1.89. The van der Waals surface area contributed by atoms with Crippen LogP contribution in [0, 0.1) is 17.2 Å². The summed E-state index contributed by atoms with van der Waals surface area (Å²) in [5.74, 6) is 0.797. The Labute approximate surface area is 126 Å². The summed E-state index contributed by atoms with van der Waals surface area (Å²) >= 11 is 0. The van der Waals surface area contributed by atoms with E-state index in [4.69, 9.17) is 5.26 Å². The van der Waals surface area contributed by atoms with Gasteiger partial charge in [0.15, 0.2) is 0 Å². The third-order valence-corrected chi connectivity index (χ3v) is 4.77. The van der Waals surface area contributed by atoms with Gasteiger partial charge in [0.05, 0.1) is 11.6 Å². The molecule has 0 amide bonds.